The van der Waals surface area contributed by atoms with E-state index in [4.69, 9.17) is 0 Å². The van der Waals surface area contributed by atoms with Crippen LogP contribution in [0.5, 0.6) is 0 Å². The van der Waals surface area contributed by atoms with Gasteiger partial charge in [0.25, 0.3) is 10.0 Å². The fraction of sp³-hybridized carbons (Fsp3) is 0.278. The Balaban J connectivity index is 1.76. The minimum atomic E-state index is -4.00. The van der Waals surface area contributed by atoms with E-state index in [9.17, 15) is 22.0 Å². The normalized spacial score (nSPS) is 18.8. The zero-order chi connectivity index (χ0) is 18.6. The maximum Gasteiger partial charge on any atom is 0.261 e. The largest absolute Gasteiger partial charge is 0.311 e. The van der Waals surface area contributed by atoms with Crippen LogP contribution in [0.2, 0.25) is 0 Å². The van der Waals surface area contributed by atoms with Crippen molar-refractivity contribution >= 4 is 27.3 Å². The first kappa shape index (κ1) is 17.0. The van der Waals surface area contributed by atoms with Crippen LogP contribution in [0.3, 0.4) is 0 Å². The molecule has 0 spiro atoms. The number of carbonyl (C=O) groups excluding carboxylic acids is 1. The van der Waals surface area contributed by atoms with Gasteiger partial charge in [0, 0.05) is 12.6 Å². The van der Waals surface area contributed by atoms with E-state index in [1.54, 1.807) is 17.9 Å². The number of halogens is 2. The van der Waals surface area contributed by atoms with E-state index in [0.29, 0.717) is 18.5 Å². The summed E-state index contributed by atoms with van der Waals surface area (Å²) in [6.07, 6.45) is 1.46. The van der Waals surface area contributed by atoms with Crippen molar-refractivity contribution in [3.8, 4) is 0 Å². The van der Waals surface area contributed by atoms with Gasteiger partial charge in [0.1, 0.15) is 0 Å². The van der Waals surface area contributed by atoms with Crippen LogP contribution in [-0.2, 0) is 21.2 Å². The van der Waals surface area contributed by atoms with E-state index in [2.05, 4.69) is 4.72 Å². The van der Waals surface area contributed by atoms with Crippen LogP contribution < -0.4 is 9.62 Å². The molecule has 136 valence electrons. The number of nitrogens with zero attached hydrogens (tertiary/aromatic N) is 1. The van der Waals surface area contributed by atoms with Gasteiger partial charge in [-0.2, -0.15) is 0 Å². The second kappa shape index (κ2) is 5.77. The third-order valence-electron chi connectivity index (χ3n) is 4.87. The average molecular weight is 378 g/mol. The fourth-order valence-electron chi connectivity index (χ4n) is 3.59. The molecule has 2 aromatic rings. The monoisotopic (exact) mass is 378 g/mol. The number of amides is 1. The molecular formula is C18H16F2N2O3S. The van der Waals surface area contributed by atoms with E-state index < -0.39 is 27.6 Å². The first-order valence-corrected chi connectivity index (χ1v) is 9.72. The van der Waals surface area contributed by atoms with Crippen LogP contribution in [-0.4, -0.2) is 20.9 Å². The summed E-state index contributed by atoms with van der Waals surface area (Å²) in [4.78, 5) is 14.1. The number of sulfonamides is 1. The minimum Gasteiger partial charge on any atom is -0.311 e. The summed E-state index contributed by atoms with van der Waals surface area (Å²) < 4.78 is 54.1. The molecule has 2 aromatic carbocycles. The van der Waals surface area contributed by atoms with E-state index in [-0.39, 0.29) is 16.5 Å². The average Bonchev–Trinajstić information content (AvgIpc) is 2.85. The van der Waals surface area contributed by atoms with Crippen molar-refractivity contribution in [3.05, 3.63) is 53.1 Å². The number of hydrogen-bond donors (Lipinski definition) is 1. The van der Waals surface area contributed by atoms with E-state index in [1.165, 1.54) is 6.07 Å². The molecule has 0 aliphatic carbocycles. The third-order valence-corrected chi connectivity index (χ3v) is 6.24. The van der Waals surface area contributed by atoms with Gasteiger partial charge in [-0.3, -0.25) is 9.52 Å². The molecule has 0 bridgehead atoms. The zero-order valence-electron chi connectivity index (χ0n) is 13.9. The lowest BCUT2D eigenvalue weighted by Crippen LogP contribution is -2.32. The smallest absolute Gasteiger partial charge is 0.261 e. The zero-order valence-corrected chi connectivity index (χ0v) is 14.7. The summed E-state index contributed by atoms with van der Waals surface area (Å²) in [6.45, 7) is 2.40. The van der Waals surface area contributed by atoms with Crippen LogP contribution in [0, 0.1) is 11.6 Å². The molecule has 0 saturated carbocycles. The van der Waals surface area contributed by atoms with Gasteiger partial charge in [-0.05, 0) is 55.2 Å². The molecule has 5 nitrogen and oxygen atoms in total. The maximum absolute atomic E-state index is 13.3. The van der Waals surface area contributed by atoms with E-state index >= 15 is 0 Å². The summed E-state index contributed by atoms with van der Waals surface area (Å²) in [5.41, 5.74) is 2.26. The van der Waals surface area contributed by atoms with Crippen molar-refractivity contribution in [3.63, 3.8) is 0 Å². The van der Waals surface area contributed by atoms with Crippen LogP contribution in [0.1, 0.15) is 30.4 Å². The second-order valence-corrected chi connectivity index (χ2v) is 8.25. The molecule has 2 heterocycles. The molecule has 1 unspecified atom stereocenters. The predicted octanol–water partition coefficient (Wildman–Crippen LogP) is 3.16. The Morgan fingerprint density at radius 1 is 1.15 bits per heavy atom. The van der Waals surface area contributed by atoms with Gasteiger partial charge >= 0.3 is 0 Å². The topological polar surface area (TPSA) is 66.5 Å². The minimum absolute atomic E-state index is 0.0133. The van der Waals surface area contributed by atoms with Crippen LogP contribution >= 0.6 is 0 Å². The Hall–Kier alpha value is -2.48. The molecule has 0 aromatic heterocycles. The lowest BCUT2D eigenvalue weighted by atomic mass is 9.97. The van der Waals surface area contributed by atoms with Gasteiger partial charge in [-0.1, -0.05) is 0 Å². The molecular weight excluding hydrogens is 362 g/mol. The van der Waals surface area contributed by atoms with Gasteiger partial charge in [0.05, 0.1) is 22.2 Å². The highest BCUT2D eigenvalue weighted by Crippen LogP contribution is 2.44. The van der Waals surface area contributed by atoms with E-state index in [1.807, 2.05) is 0 Å². The summed E-state index contributed by atoms with van der Waals surface area (Å²) in [7, 11) is -4.00. The van der Waals surface area contributed by atoms with Gasteiger partial charge in [-0.15, -0.1) is 0 Å². The molecule has 0 saturated heterocycles. The van der Waals surface area contributed by atoms with Gasteiger partial charge in [-0.25, -0.2) is 17.2 Å². The first-order chi connectivity index (χ1) is 12.3. The van der Waals surface area contributed by atoms with Crippen molar-refractivity contribution in [2.45, 2.75) is 30.6 Å². The van der Waals surface area contributed by atoms with Crippen molar-refractivity contribution in [1.82, 2.24) is 0 Å². The molecule has 1 amide bonds. The Kier molecular flexibility index (Phi) is 3.76. The fourth-order valence-corrected chi connectivity index (χ4v) is 4.73. The SMILES string of the molecule is CC1C(=O)N2CCCc3cc(S(=O)(=O)Nc4ccc(F)c(F)c4)cc1c32. The maximum atomic E-state index is 13.3. The molecule has 26 heavy (non-hydrogen) atoms. The summed E-state index contributed by atoms with van der Waals surface area (Å²) >= 11 is 0. The summed E-state index contributed by atoms with van der Waals surface area (Å²) in [5.74, 6) is -2.62. The standard InChI is InChI=1S/C18H16F2N2O3S/c1-10-14-9-13(7-11-3-2-6-22(17(11)14)18(10)23)26(24,25)21-12-4-5-15(19)16(20)8-12/h4-5,7-10,21H,2-3,6H2,1H3. The molecule has 0 fully saturated rings. The highest BCUT2D eigenvalue weighted by atomic mass is 32.2. The number of carbonyl (C=O) groups is 1. The number of anilines is 2. The lowest BCUT2D eigenvalue weighted by molar-refractivity contribution is -0.119. The van der Waals surface area contributed by atoms with Gasteiger partial charge in [0.2, 0.25) is 5.91 Å². The number of aryl methyl sites for hydroxylation is 1. The highest BCUT2D eigenvalue weighted by molar-refractivity contribution is 7.92. The van der Waals surface area contributed by atoms with Crippen molar-refractivity contribution in [1.29, 1.82) is 0 Å². The number of rotatable bonds is 3. The van der Waals surface area contributed by atoms with Crippen molar-refractivity contribution in [2.75, 3.05) is 16.2 Å². The Morgan fingerprint density at radius 2 is 1.92 bits per heavy atom. The van der Waals surface area contributed by atoms with Crippen LogP contribution in [0.25, 0.3) is 0 Å². The summed E-state index contributed by atoms with van der Waals surface area (Å²) in [5, 5.41) is 0. The molecule has 1 atom stereocenters. The van der Waals surface area contributed by atoms with Crippen molar-refractivity contribution < 1.29 is 22.0 Å². The first-order valence-electron chi connectivity index (χ1n) is 8.24. The Morgan fingerprint density at radius 3 is 2.65 bits per heavy atom. The third kappa shape index (κ3) is 2.56. The van der Waals surface area contributed by atoms with E-state index in [0.717, 1.165) is 35.9 Å². The predicted molar refractivity (Wildman–Crippen MR) is 92.7 cm³/mol. The molecule has 1 N–H and O–H groups in total. The molecule has 2 aliphatic heterocycles. The van der Waals surface area contributed by atoms with Gasteiger partial charge in [0.15, 0.2) is 11.6 Å². The number of hydrogen-bond acceptors (Lipinski definition) is 3. The lowest BCUT2D eigenvalue weighted by Gasteiger charge is -2.26. The number of nitrogens with one attached hydrogen (secondary N) is 1. The quantitative estimate of drug-likeness (QED) is 0.892. The van der Waals surface area contributed by atoms with Crippen LogP contribution in [0.15, 0.2) is 35.2 Å². The summed E-state index contributed by atoms with van der Waals surface area (Å²) in [6, 6.07) is 5.85. The Bertz CT molecular complexity index is 1040. The highest BCUT2D eigenvalue weighted by Gasteiger charge is 2.38. The molecule has 4 rings (SSSR count). The molecule has 0 radical (unpaired) electrons. The Labute approximate surface area is 149 Å². The molecule has 2 aliphatic rings. The van der Waals surface area contributed by atoms with Crippen LogP contribution in [0.4, 0.5) is 20.2 Å². The molecule has 8 heteroatoms. The van der Waals surface area contributed by atoms with Crippen molar-refractivity contribution in [2.24, 2.45) is 0 Å². The van der Waals surface area contributed by atoms with Gasteiger partial charge < -0.3 is 4.90 Å². The second-order valence-electron chi connectivity index (χ2n) is 6.57. The number of benzene rings is 2.